The molecule has 4 N–H and O–H groups in total. The Balaban J connectivity index is 1.90. The van der Waals surface area contributed by atoms with Gasteiger partial charge in [0.05, 0.1) is 17.3 Å². The molecular formula is C26H22FN5O4S. The molecule has 5 aromatic rings. The van der Waals surface area contributed by atoms with Crippen molar-refractivity contribution in [3.63, 3.8) is 0 Å². The molecule has 188 valence electrons. The van der Waals surface area contributed by atoms with Crippen molar-refractivity contribution in [2.75, 3.05) is 12.0 Å². The molecule has 0 aliphatic carbocycles. The van der Waals surface area contributed by atoms with Gasteiger partial charge in [0.25, 0.3) is 11.5 Å². The van der Waals surface area contributed by atoms with Gasteiger partial charge < -0.3 is 15.3 Å². The lowest BCUT2D eigenvalue weighted by Crippen LogP contribution is -2.32. The number of hydrogen-bond acceptors (Lipinski definition) is 6. The number of sulfonamides is 1. The summed E-state index contributed by atoms with van der Waals surface area (Å²) in [6, 6.07) is 14.8. The SMILES string of the molecule is Cc1cc2c(-c3ccc[nH]c3=O)c(C(=O)NS(C)(=O)=O)n(Cc3cc(N)nc4ccccc34)c2cc1F. The van der Waals surface area contributed by atoms with E-state index < -0.39 is 27.3 Å². The number of pyridine rings is 2. The summed E-state index contributed by atoms with van der Waals surface area (Å²) in [7, 11) is -3.97. The minimum atomic E-state index is -3.97. The fraction of sp³-hybridized carbons (Fsp3) is 0.115. The maximum Gasteiger partial charge on any atom is 0.282 e. The largest absolute Gasteiger partial charge is 0.384 e. The number of aromatic nitrogens is 3. The molecule has 0 atom stereocenters. The van der Waals surface area contributed by atoms with E-state index in [1.54, 1.807) is 31.2 Å². The van der Waals surface area contributed by atoms with Gasteiger partial charge in [0.2, 0.25) is 10.0 Å². The second-order valence-electron chi connectivity index (χ2n) is 8.77. The van der Waals surface area contributed by atoms with Gasteiger partial charge in [-0.25, -0.2) is 22.5 Å². The van der Waals surface area contributed by atoms with Crippen molar-refractivity contribution < 1.29 is 17.6 Å². The predicted octanol–water partition coefficient (Wildman–Crippen LogP) is 3.31. The minimum Gasteiger partial charge on any atom is -0.384 e. The second kappa shape index (κ2) is 8.86. The van der Waals surface area contributed by atoms with Crippen LogP contribution in [0.25, 0.3) is 32.9 Å². The third kappa shape index (κ3) is 4.45. The Hall–Kier alpha value is -4.51. The number of nitrogens with one attached hydrogen (secondary N) is 2. The van der Waals surface area contributed by atoms with Gasteiger partial charge >= 0.3 is 0 Å². The lowest BCUT2D eigenvalue weighted by atomic mass is 10.0. The molecule has 0 aliphatic heterocycles. The summed E-state index contributed by atoms with van der Waals surface area (Å²) in [5.41, 5.74) is 7.67. The normalized spacial score (nSPS) is 11.8. The molecule has 0 radical (unpaired) electrons. The number of halogens is 1. The highest BCUT2D eigenvalue weighted by atomic mass is 32.2. The van der Waals surface area contributed by atoms with Gasteiger partial charge in [-0.2, -0.15) is 0 Å². The lowest BCUT2D eigenvalue weighted by Gasteiger charge is -2.14. The van der Waals surface area contributed by atoms with Gasteiger partial charge in [-0.15, -0.1) is 0 Å². The molecule has 0 aliphatic rings. The molecule has 0 spiro atoms. The Bertz CT molecular complexity index is 1890. The zero-order valence-electron chi connectivity index (χ0n) is 19.9. The predicted molar refractivity (Wildman–Crippen MR) is 140 cm³/mol. The van der Waals surface area contributed by atoms with E-state index in [1.165, 1.54) is 22.9 Å². The minimum absolute atomic E-state index is 0.0173. The molecule has 5 rings (SSSR count). The third-order valence-corrected chi connectivity index (χ3v) is 6.63. The van der Waals surface area contributed by atoms with Crippen LogP contribution in [0.1, 0.15) is 21.6 Å². The van der Waals surface area contributed by atoms with E-state index in [9.17, 15) is 22.4 Å². The maximum atomic E-state index is 14.9. The molecule has 0 saturated heterocycles. The zero-order valence-corrected chi connectivity index (χ0v) is 20.7. The molecular weight excluding hydrogens is 497 g/mol. The molecule has 11 heteroatoms. The van der Waals surface area contributed by atoms with Crippen molar-refractivity contribution in [3.05, 3.63) is 93.8 Å². The van der Waals surface area contributed by atoms with E-state index >= 15 is 0 Å². The molecule has 0 saturated carbocycles. The van der Waals surface area contributed by atoms with Crippen LogP contribution < -0.4 is 16.0 Å². The Morgan fingerprint density at radius 1 is 1.14 bits per heavy atom. The molecule has 1 amide bonds. The Kier molecular flexibility index (Phi) is 5.79. The number of para-hydroxylation sites is 1. The number of rotatable bonds is 5. The number of fused-ring (bicyclic) bond motifs is 2. The van der Waals surface area contributed by atoms with Crippen LogP contribution in [-0.2, 0) is 16.6 Å². The van der Waals surface area contributed by atoms with Gasteiger partial charge in [-0.1, -0.05) is 18.2 Å². The number of H-pyrrole nitrogens is 1. The highest BCUT2D eigenvalue weighted by Crippen LogP contribution is 2.36. The molecule has 2 aromatic carbocycles. The first-order valence-corrected chi connectivity index (χ1v) is 13.1. The summed E-state index contributed by atoms with van der Waals surface area (Å²) in [5, 5.41) is 1.17. The number of aryl methyl sites for hydroxylation is 1. The molecule has 9 nitrogen and oxygen atoms in total. The number of aromatic amines is 1. The summed E-state index contributed by atoms with van der Waals surface area (Å²) in [4.78, 5) is 33.3. The first-order valence-electron chi connectivity index (χ1n) is 11.2. The summed E-state index contributed by atoms with van der Waals surface area (Å²) in [6.45, 7) is 1.59. The molecule has 37 heavy (non-hydrogen) atoms. The van der Waals surface area contributed by atoms with E-state index in [0.29, 0.717) is 27.5 Å². The van der Waals surface area contributed by atoms with Crippen molar-refractivity contribution in [1.29, 1.82) is 0 Å². The molecule has 0 fully saturated rings. The maximum absolute atomic E-state index is 14.9. The second-order valence-corrected chi connectivity index (χ2v) is 10.5. The van der Waals surface area contributed by atoms with Crippen molar-refractivity contribution >= 4 is 43.6 Å². The number of hydrogen-bond donors (Lipinski definition) is 3. The Morgan fingerprint density at radius 3 is 2.62 bits per heavy atom. The lowest BCUT2D eigenvalue weighted by molar-refractivity contribution is 0.0974. The van der Waals surface area contributed by atoms with E-state index in [0.717, 1.165) is 11.6 Å². The van der Waals surface area contributed by atoms with Crippen LogP contribution in [0.5, 0.6) is 0 Å². The van der Waals surface area contributed by atoms with E-state index in [4.69, 9.17) is 5.73 Å². The van der Waals surface area contributed by atoms with Gasteiger partial charge in [-0.05, 0) is 54.4 Å². The van der Waals surface area contributed by atoms with Crippen LogP contribution in [0, 0.1) is 12.7 Å². The molecule has 0 bridgehead atoms. The number of anilines is 1. The number of benzene rings is 2. The number of nitrogen functional groups attached to an aromatic ring is 1. The zero-order chi connectivity index (χ0) is 26.5. The Morgan fingerprint density at radius 2 is 1.89 bits per heavy atom. The number of nitrogens with two attached hydrogens (primary N) is 1. The number of amides is 1. The van der Waals surface area contributed by atoms with Gasteiger partial charge in [0, 0.05) is 34.6 Å². The topological polar surface area (TPSA) is 140 Å². The van der Waals surface area contributed by atoms with Crippen molar-refractivity contribution in [2.24, 2.45) is 0 Å². The summed E-state index contributed by atoms with van der Waals surface area (Å²) < 4.78 is 42.5. The fourth-order valence-electron chi connectivity index (χ4n) is 4.56. The molecule has 3 aromatic heterocycles. The van der Waals surface area contributed by atoms with E-state index in [-0.39, 0.29) is 29.2 Å². The molecule has 0 unspecified atom stereocenters. The van der Waals surface area contributed by atoms with Crippen LogP contribution in [0.3, 0.4) is 0 Å². The van der Waals surface area contributed by atoms with Crippen molar-refractivity contribution in [2.45, 2.75) is 13.5 Å². The Labute approximate surface area is 210 Å². The van der Waals surface area contributed by atoms with Crippen molar-refractivity contribution in [3.8, 4) is 11.1 Å². The highest BCUT2D eigenvalue weighted by Gasteiger charge is 2.28. The van der Waals surface area contributed by atoms with Gasteiger partial charge in [0.1, 0.15) is 17.3 Å². The summed E-state index contributed by atoms with van der Waals surface area (Å²) in [5.74, 6) is -1.23. The first kappa shape index (κ1) is 24.2. The van der Waals surface area contributed by atoms with Gasteiger partial charge in [-0.3, -0.25) is 9.59 Å². The van der Waals surface area contributed by atoms with Crippen LogP contribution >= 0.6 is 0 Å². The van der Waals surface area contributed by atoms with Crippen molar-refractivity contribution in [1.82, 2.24) is 19.3 Å². The monoisotopic (exact) mass is 519 g/mol. The van der Waals surface area contributed by atoms with Gasteiger partial charge in [0.15, 0.2) is 0 Å². The average Bonchev–Trinajstić information content (AvgIpc) is 3.11. The van der Waals surface area contributed by atoms with Crippen LogP contribution in [0.2, 0.25) is 0 Å². The highest BCUT2D eigenvalue weighted by molar-refractivity contribution is 7.89. The fourth-order valence-corrected chi connectivity index (χ4v) is 4.99. The first-order chi connectivity index (χ1) is 17.5. The molecule has 3 heterocycles. The van der Waals surface area contributed by atoms with E-state index in [2.05, 4.69) is 9.97 Å². The van der Waals surface area contributed by atoms with Crippen LogP contribution in [-0.4, -0.2) is 35.1 Å². The standard InChI is InChI=1S/C26H22FN5O4S/c1-14-10-18-21(12-19(14)27)32(13-15-11-22(28)30-20-8-4-3-6-16(15)20)24(26(34)31-37(2,35)36)23(18)17-7-5-9-29-25(17)33/h3-12H,13H2,1-2H3,(H2,28,30)(H,29,33)(H,31,34). The average molecular weight is 520 g/mol. The quantitative estimate of drug-likeness (QED) is 0.326. The number of nitrogens with zero attached hydrogens (tertiary/aromatic N) is 2. The third-order valence-electron chi connectivity index (χ3n) is 6.07. The smallest absolute Gasteiger partial charge is 0.282 e. The summed E-state index contributed by atoms with van der Waals surface area (Å²) >= 11 is 0. The van der Waals surface area contributed by atoms with Crippen LogP contribution in [0.15, 0.2) is 65.6 Å². The summed E-state index contributed by atoms with van der Waals surface area (Å²) in [6.07, 6.45) is 2.30. The number of carbonyl (C=O) groups excluding carboxylic acids is 1. The van der Waals surface area contributed by atoms with Crippen LogP contribution in [0.4, 0.5) is 10.2 Å². The van der Waals surface area contributed by atoms with E-state index in [1.807, 2.05) is 22.9 Å². The number of carbonyl (C=O) groups is 1.